The lowest BCUT2D eigenvalue weighted by molar-refractivity contribution is -0.0327. The van der Waals surface area contributed by atoms with E-state index in [1.54, 1.807) is 12.4 Å². The number of hydrogen-bond acceptors (Lipinski definition) is 5. The SMILES string of the molecule is CNCc1csc(S(=O)(=O)NCCSC(F)(F)F)c1. The second-order valence-corrected chi connectivity index (χ2v) is 7.56. The van der Waals surface area contributed by atoms with Crippen molar-refractivity contribution in [1.82, 2.24) is 10.0 Å². The van der Waals surface area contributed by atoms with Crippen molar-refractivity contribution < 1.29 is 21.6 Å². The van der Waals surface area contributed by atoms with Gasteiger partial charge in [-0.3, -0.25) is 0 Å². The smallest absolute Gasteiger partial charge is 0.316 e. The summed E-state index contributed by atoms with van der Waals surface area (Å²) in [6, 6.07) is 1.50. The number of alkyl halides is 3. The Balaban J connectivity index is 2.51. The van der Waals surface area contributed by atoms with Crippen molar-refractivity contribution in [2.75, 3.05) is 19.3 Å². The average molecular weight is 334 g/mol. The van der Waals surface area contributed by atoms with Crippen LogP contribution in [0.1, 0.15) is 5.56 Å². The lowest BCUT2D eigenvalue weighted by Gasteiger charge is -2.06. The lowest BCUT2D eigenvalue weighted by atomic mass is 10.3. The molecule has 0 aliphatic rings. The van der Waals surface area contributed by atoms with Crippen LogP contribution >= 0.6 is 23.1 Å². The maximum Gasteiger partial charge on any atom is 0.441 e. The van der Waals surface area contributed by atoms with Gasteiger partial charge in [-0.15, -0.1) is 11.3 Å². The number of thiophene rings is 1. The fraction of sp³-hybridized carbons (Fsp3) is 0.556. The van der Waals surface area contributed by atoms with Crippen molar-refractivity contribution in [3.8, 4) is 0 Å². The zero-order valence-corrected chi connectivity index (χ0v) is 12.4. The zero-order chi connectivity index (χ0) is 14.5. The molecule has 0 saturated carbocycles. The van der Waals surface area contributed by atoms with Crippen LogP contribution in [0.2, 0.25) is 0 Å². The average Bonchev–Trinajstić information content (AvgIpc) is 2.73. The minimum absolute atomic E-state index is 0.106. The molecule has 1 aromatic rings. The summed E-state index contributed by atoms with van der Waals surface area (Å²) >= 11 is 0.790. The summed E-state index contributed by atoms with van der Waals surface area (Å²) in [7, 11) is -1.98. The predicted molar refractivity (Wildman–Crippen MR) is 70.8 cm³/mol. The van der Waals surface area contributed by atoms with Gasteiger partial charge in [0.15, 0.2) is 0 Å². The first-order valence-corrected chi connectivity index (χ1v) is 8.52. The largest absolute Gasteiger partial charge is 0.441 e. The molecule has 0 unspecified atom stereocenters. The summed E-state index contributed by atoms with van der Waals surface area (Å²) in [6.45, 7) is 0.279. The normalized spacial score (nSPS) is 12.8. The van der Waals surface area contributed by atoms with Gasteiger partial charge in [-0.1, -0.05) is 0 Å². The van der Waals surface area contributed by atoms with Crippen LogP contribution < -0.4 is 10.0 Å². The molecule has 0 fully saturated rings. The first-order chi connectivity index (χ1) is 8.74. The number of nitrogens with one attached hydrogen (secondary N) is 2. The van der Waals surface area contributed by atoms with Crippen LogP contribution in [0.25, 0.3) is 0 Å². The molecule has 1 aromatic heterocycles. The van der Waals surface area contributed by atoms with E-state index in [1.807, 2.05) is 0 Å². The van der Waals surface area contributed by atoms with Crippen molar-refractivity contribution in [3.63, 3.8) is 0 Å². The Morgan fingerprint density at radius 3 is 2.68 bits per heavy atom. The minimum Gasteiger partial charge on any atom is -0.316 e. The molecule has 110 valence electrons. The quantitative estimate of drug-likeness (QED) is 0.749. The first kappa shape index (κ1) is 16.8. The molecule has 0 radical (unpaired) electrons. The van der Waals surface area contributed by atoms with Gasteiger partial charge in [-0.05, 0) is 35.8 Å². The molecule has 10 heteroatoms. The van der Waals surface area contributed by atoms with E-state index in [-0.39, 0.29) is 28.3 Å². The highest BCUT2D eigenvalue weighted by molar-refractivity contribution is 8.00. The van der Waals surface area contributed by atoms with Gasteiger partial charge >= 0.3 is 5.51 Å². The number of thioether (sulfide) groups is 1. The molecule has 0 saturated heterocycles. The highest BCUT2D eigenvalue weighted by atomic mass is 32.2. The van der Waals surface area contributed by atoms with Gasteiger partial charge < -0.3 is 5.32 Å². The van der Waals surface area contributed by atoms with Gasteiger partial charge in [0.1, 0.15) is 4.21 Å². The number of sulfonamides is 1. The second kappa shape index (κ2) is 6.93. The van der Waals surface area contributed by atoms with Gasteiger partial charge in [-0.2, -0.15) is 13.2 Å². The molecule has 0 bridgehead atoms. The van der Waals surface area contributed by atoms with Gasteiger partial charge in [0.2, 0.25) is 10.0 Å². The summed E-state index contributed by atoms with van der Waals surface area (Å²) in [5.74, 6) is -0.350. The van der Waals surface area contributed by atoms with E-state index in [0.717, 1.165) is 16.9 Å². The second-order valence-electron chi connectivity index (χ2n) is 3.50. The van der Waals surface area contributed by atoms with Crippen LogP contribution in [-0.2, 0) is 16.6 Å². The Hall–Kier alpha value is -0.290. The van der Waals surface area contributed by atoms with Crippen LogP contribution in [0.3, 0.4) is 0 Å². The van der Waals surface area contributed by atoms with Crippen LogP contribution in [0.5, 0.6) is 0 Å². The molecule has 1 heterocycles. The van der Waals surface area contributed by atoms with E-state index in [0.29, 0.717) is 6.54 Å². The molecule has 0 atom stereocenters. The molecule has 19 heavy (non-hydrogen) atoms. The van der Waals surface area contributed by atoms with Crippen molar-refractivity contribution in [2.24, 2.45) is 0 Å². The van der Waals surface area contributed by atoms with E-state index in [2.05, 4.69) is 10.0 Å². The monoisotopic (exact) mass is 334 g/mol. The van der Waals surface area contributed by atoms with Crippen molar-refractivity contribution in [1.29, 1.82) is 0 Å². The molecule has 1 rings (SSSR count). The highest BCUT2D eigenvalue weighted by Gasteiger charge is 2.27. The molecule has 0 spiro atoms. The number of halogens is 3. The van der Waals surface area contributed by atoms with E-state index < -0.39 is 15.5 Å². The summed E-state index contributed by atoms with van der Waals surface area (Å²) < 4.78 is 61.4. The summed E-state index contributed by atoms with van der Waals surface area (Å²) in [5.41, 5.74) is -3.52. The van der Waals surface area contributed by atoms with E-state index in [1.165, 1.54) is 6.07 Å². The van der Waals surface area contributed by atoms with E-state index in [9.17, 15) is 21.6 Å². The molecule has 2 N–H and O–H groups in total. The Bertz CT molecular complexity index is 499. The fourth-order valence-electron chi connectivity index (χ4n) is 1.20. The van der Waals surface area contributed by atoms with E-state index >= 15 is 0 Å². The molecular weight excluding hydrogens is 321 g/mol. The molecule has 0 aliphatic heterocycles. The topological polar surface area (TPSA) is 58.2 Å². The lowest BCUT2D eigenvalue weighted by Crippen LogP contribution is -2.26. The summed E-state index contributed by atoms with van der Waals surface area (Å²) in [5, 5.41) is 4.57. The third kappa shape index (κ3) is 6.13. The Morgan fingerprint density at radius 2 is 2.11 bits per heavy atom. The van der Waals surface area contributed by atoms with E-state index in [4.69, 9.17) is 0 Å². The third-order valence-corrected chi connectivity index (χ3v) is 5.62. The standard InChI is InChI=1S/C9H13F3N2O2S3/c1-13-5-7-4-8(17-6-7)19(15,16)14-2-3-18-9(10,11)12/h4,6,13-14H,2-3,5H2,1H3. The van der Waals surface area contributed by atoms with Crippen LogP contribution in [0, 0.1) is 0 Å². The zero-order valence-electron chi connectivity index (χ0n) is 9.95. The number of rotatable bonds is 7. The van der Waals surface area contributed by atoms with Crippen LogP contribution in [0.15, 0.2) is 15.7 Å². The predicted octanol–water partition coefficient (Wildman–Crippen LogP) is 2.00. The molecule has 4 nitrogen and oxygen atoms in total. The van der Waals surface area contributed by atoms with Gasteiger partial charge in [0.05, 0.1) is 0 Å². The maximum atomic E-state index is 11.9. The van der Waals surface area contributed by atoms with Gasteiger partial charge in [-0.25, -0.2) is 13.1 Å². The molecule has 0 aromatic carbocycles. The third-order valence-electron chi connectivity index (χ3n) is 1.94. The van der Waals surface area contributed by atoms with Crippen molar-refractivity contribution >= 4 is 33.1 Å². The van der Waals surface area contributed by atoms with Crippen molar-refractivity contribution in [3.05, 3.63) is 17.0 Å². The molecule has 0 amide bonds. The Morgan fingerprint density at radius 1 is 1.42 bits per heavy atom. The number of hydrogen-bond donors (Lipinski definition) is 2. The summed E-state index contributed by atoms with van der Waals surface area (Å²) in [6.07, 6.45) is 0. The fourth-order valence-corrected chi connectivity index (χ4v) is 4.06. The van der Waals surface area contributed by atoms with Crippen molar-refractivity contribution in [2.45, 2.75) is 16.3 Å². The minimum atomic E-state index is -4.34. The van der Waals surface area contributed by atoms with Crippen LogP contribution in [0.4, 0.5) is 13.2 Å². The van der Waals surface area contributed by atoms with Gasteiger partial charge in [0, 0.05) is 18.8 Å². The highest BCUT2D eigenvalue weighted by Crippen LogP contribution is 2.29. The van der Waals surface area contributed by atoms with Crippen LogP contribution in [-0.4, -0.2) is 33.3 Å². The molecule has 0 aliphatic carbocycles. The Labute approximate surface area is 117 Å². The summed E-state index contributed by atoms with van der Waals surface area (Å²) in [4.78, 5) is 0. The first-order valence-electron chi connectivity index (χ1n) is 5.17. The van der Waals surface area contributed by atoms with Gasteiger partial charge in [0.25, 0.3) is 0 Å². The molecular formula is C9H13F3N2O2S3. The Kier molecular flexibility index (Phi) is 6.12. The maximum absolute atomic E-state index is 11.9.